The smallest absolute Gasteiger partial charge is 0.262 e. The highest BCUT2D eigenvalue weighted by Crippen LogP contribution is 2.28. The Hall–Kier alpha value is -2.53. The van der Waals surface area contributed by atoms with E-state index in [9.17, 15) is 9.59 Å². The summed E-state index contributed by atoms with van der Waals surface area (Å²) in [4.78, 5) is 23.4. The van der Waals surface area contributed by atoms with Crippen molar-refractivity contribution >= 4 is 29.0 Å². The molecule has 0 radical (unpaired) electrons. The molecule has 2 rings (SSSR count). The summed E-state index contributed by atoms with van der Waals surface area (Å²) in [6.45, 7) is 3.15. The minimum Gasteiger partial charge on any atom is -0.493 e. The molecule has 5 nitrogen and oxygen atoms in total. The fourth-order valence-corrected chi connectivity index (χ4v) is 2.24. The number of halogens is 1. The van der Waals surface area contributed by atoms with Gasteiger partial charge in [-0.3, -0.25) is 9.59 Å². The highest BCUT2D eigenvalue weighted by molar-refractivity contribution is 6.31. The van der Waals surface area contributed by atoms with Gasteiger partial charge in [0.2, 0.25) is 0 Å². The molecule has 0 aromatic heterocycles. The average Bonchev–Trinajstić information content (AvgIpc) is 2.56. The fourth-order valence-electron chi connectivity index (χ4n) is 2.06. The lowest BCUT2D eigenvalue weighted by molar-refractivity contribution is -0.118. The van der Waals surface area contributed by atoms with Crippen molar-refractivity contribution in [3.8, 4) is 11.5 Å². The maximum Gasteiger partial charge on any atom is 0.262 e. The Kier molecular flexibility index (Phi) is 5.82. The Morgan fingerprint density at radius 3 is 2.54 bits per heavy atom. The van der Waals surface area contributed by atoms with Crippen molar-refractivity contribution < 1.29 is 19.1 Å². The van der Waals surface area contributed by atoms with E-state index in [1.165, 1.54) is 14.0 Å². The van der Waals surface area contributed by atoms with E-state index in [1.54, 1.807) is 30.3 Å². The Morgan fingerprint density at radius 1 is 1.12 bits per heavy atom. The summed E-state index contributed by atoms with van der Waals surface area (Å²) in [5.41, 5.74) is 2.05. The monoisotopic (exact) mass is 347 g/mol. The van der Waals surface area contributed by atoms with Crippen LogP contribution in [0.2, 0.25) is 5.02 Å². The summed E-state index contributed by atoms with van der Waals surface area (Å²) in [5.74, 6) is 0.391. The molecule has 0 aliphatic rings. The maximum atomic E-state index is 12.0. The number of hydrogen-bond donors (Lipinski definition) is 1. The summed E-state index contributed by atoms with van der Waals surface area (Å²) >= 11 is 5.93. The predicted octanol–water partition coefficient (Wildman–Crippen LogP) is 3.88. The van der Waals surface area contributed by atoms with Crippen LogP contribution in [-0.4, -0.2) is 25.4 Å². The van der Waals surface area contributed by atoms with Gasteiger partial charge in [-0.25, -0.2) is 0 Å². The number of carbonyl (C=O) groups excluding carboxylic acids is 2. The molecule has 0 heterocycles. The third kappa shape index (κ3) is 4.49. The van der Waals surface area contributed by atoms with E-state index < -0.39 is 0 Å². The first-order chi connectivity index (χ1) is 11.4. The highest BCUT2D eigenvalue weighted by Gasteiger charge is 2.11. The van der Waals surface area contributed by atoms with Gasteiger partial charge in [0.05, 0.1) is 7.11 Å². The molecule has 2 aromatic rings. The number of amides is 1. The van der Waals surface area contributed by atoms with Gasteiger partial charge in [-0.15, -0.1) is 0 Å². The molecule has 1 amide bonds. The van der Waals surface area contributed by atoms with Crippen LogP contribution in [-0.2, 0) is 4.79 Å². The summed E-state index contributed by atoms with van der Waals surface area (Å²) in [5, 5.41) is 3.29. The number of ether oxygens (including phenoxy) is 2. The van der Waals surface area contributed by atoms with E-state index in [-0.39, 0.29) is 18.3 Å². The van der Waals surface area contributed by atoms with Gasteiger partial charge in [-0.05, 0) is 49.7 Å². The second kappa shape index (κ2) is 7.84. The average molecular weight is 348 g/mol. The summed E-state index contributed by atoms with van der Waals surface area (Å²) in [7, 11) is 1.47. The number of hydrogen-bond acceptors (Lipinski definition) is 4. The van der Waals surface area contributed by atoms with E-state index >= 15 is 0 Å². The molecule has 0 bridgehead atoms. The fraction of sp³-hybridized carbons (Fsp3) is 0.222. The zero-order valence-electron chi connectivity index (χ0n) is 13.7. The number of methoxy groups -OCH3 is 1. The largest absolute Gasteiger partial charge is 0.493 e. The van der Waals surface area contributed by atoms with Crippen molar-refractivity contribution in [2.24, 2.45) is 0 Å². The molecular weight excluding hydrogens is 330 g/mol. The zero-order valence-corrected chi connectivity index (χ0v) is 14.4. The van der Waals surface area contributed by atoms with Crippen LogP contribution < -0.4 is 14.8 Å². The molecule has 24 heavy (non-hydrogen) atoms. The Morgan fingerprint density at radius 2 is 1.88 bits per heavy atom. The quantitative estimate of drug-likeness (QED) is 0.805. The Labute approximate surface area is 145 Å². The van der Waals surface area contributed by atoms with Crippen LogP contribution in [0, 0.1) is 6.92 Å². The number of nitrogens with one attached hydrogen (secondary N) is 1. The van der Waals surface area contributed by atoms with Crippen LogP contribution in [0.1, 0.15) is 22.8 Å². The summed E-state index contributed by atoms with van der Waals surface area (Å²) in [6.07, 6.45) is 0. The molecule has 0 saturated heterocycles. The number of rotatable bonds is 6. The van der Waals surface area contributed by atoms with E-state index in [0.29, 0.717) is 27.8 Å². The van der Waals surface area contributed by atoms with E-state index in [1.807, 2.05) is 13.0 Å². The Balaban J connectivity index is 2.03. The first kappa shape index (κ1) is 17.8. The standard InChI is InChI=1S/C18H18ClNO4/c1-11-4-6-14(19)9-15(11)20-18(22)10-24-16-7-5-13(12(2)21)8-17(16)23-3/h4-9H,10H2,1-3H3,(H,20,22). The van der Waals surface area contributed by atoms with Crippen molar-refractivity contribution in [3.05, 3.63) is 52.5 Å². The van der Waals surface area contributed by atoms with E-state index in [4.69, 9.17) is 21.1 Å². The topological polar surface area (TPSA) is 64.6 Å². The van der Waals surface area contributed by atoms with Gasteiger partial charge in [0.1, 0.15) is 0 Å². The molecule has 0 atom stereocenters. The van der Waals surface area contributed by atoms with Gasteiger partial charge in [-0.2, -0.15) is 0 Å². The lowest BCUT2D eigenvalue weighted by atomic mass is 10.1. The third-order valence-corrected chi connectivity index (χ3v) is 3.64. The van der Waals surface area contributed by atoms with Crippen LogP contribution >= 0.6 is 11.6 Å². The highest BCUT2D eigenvalue weighted by atomic mass is 35.5. The van der Waals surface area contributed by atoms with Gasteiger partial charge in [0, 0.05) is 16.3 Å². The minimum atomic E-state index is -0.321. The van der Waals surface area contributed by atoms with Crippen LogP contribution in [0.5, 0.6) is 11.5 Å². The molecule has 1 N–H and O–H groups in total. The first-order valence-corrected chi connectivity index (χ1v) is 7.66. The Bertz CT molecular complexity index is 774. The van der Waals surface area contributed by atoms with Crippen molar-refractivity contribution in [3.63, 3.8) is 0 Å². The van der Waals surface area contributed by atoms with Gasteiger partial charge in [0.15, 0.2) is 23.9 Å². The lowest BCUT2D eigenvalue weighted by Gasteiger charge is -2.12. The van der Waals surface area contributed by atoms with Gasteiger partial charge in [0.25, 0.3) is 5.91 Å². The minimum absolute atomic E-state index is 0.0750. The zero-order chi connectivity index (χ0) is 17.7. The van der Waals surface area contributed by atoms with Gasteiger partial charge in [-0.1, -0.05) is 17.7 Å². The van der Waals surface area contributed by atoms with Crippen molar-refractivity contribution in [2.45, 2.75) is 13.8 Å². The van der Waals surface area contributed by atoms with Crippen molar-refractivity contribution in [1.29, 1.82) is 0 Å². The molecule has 0 aliphatic carbocycles. The number of carbonyl (C=O) groups is 2. The normalized spacial score (nSPS) is 10.2. The van der Waals surface area contributed by atoms with Crippen LogP contribution in [0.3, 0.4) is 0 Å². The van der Waals surface area contributed by atoms with Gasteiger partial charge < -0.3 is 14.8 Å². The number of ketones is 1. The van der Waals surface area contributed by atoms with Crippen LogP contribution in [0.4, 0.5) is 5.69 Å². The number of benzene rings is 2. The summed E-state index contributed by atoms with van der Waals surface area (Å²) in [6, 6.07) is 10.1. The molecule has 0 spiro atoms. The first-order valence-electron chi connectivity index (χ1n) is 7.28. The van der Waals surface area contributed by atoms with E-state index in [2.05, 4.69) is 5.32 Å². The van der Waals surface area contributed by atoms with E-state index in [0.717, 1.165) is 5.56 Å². The van der Waals surface area contributed by atoms with Crippen LogP contribution in [0.25, 0.3) is 0 Å². The lowest BCUT2D eigenvalue weighted by Crippen LogP contribution is -2.20. The molecule has 0 saturated carbocycles. The molecule has 126 valence electrons. The molecule has 0 aliphatic heterocycles. The second-order valence-corrected chi connectivity index (χ2v) is 5.65. The van der Waals surface area contributed by atoms with Crippen molar-refractivity contribution in [1.82, 2.24) is 0 Å². The molecule has 0 fully saturated rings. The van der Waals surface area contributed by atoms with Gasteiger partial charge >= 0.3 is 0 Å². The predicted molar refractivity (Wildman–Crippen MR) is 93.3 cm³/mol. The molecule has 6 heteroatoms. The molecule has 0 unspecified atom stereocenters. The molecular formula is C18H18ClNO4. The van der Waals surface area contributed by atoms with Crippen LogP contribution in [0.15, 0.2) is 36.4 Å². The number of aryl methyl sites for hydroxylation is 1. The van der Waals surface area contributed by atoms with Crippen molar-refractivity contribution in [2.75, 3.05) is 19.0 Å². The second-order valence-electron chi connectivity index (χ2n) is 5.22. The number of Topliss-reactive ketones (excluding diaryl/α,β-unsaturated/α-hetero) is 1. The maximum absolute atomic E-state index is 12.0. The molecule has 2 aromatic carbocycles. The number of anilines is 1. The summed E-state index contributed by atoms with van der Waals surface area (Å²) < 4.78 is 10.7. The SMILES string of the molecule is COc1cc(C(C)=O)ccc1OCC(=O)Nc1cc(Cl)ccc1C. The third-order valence-electron chi connectivity index (χ3n) is 3.40.